The van der Waals surface area contributed by atoms with E-state index in [0.717, 1.165) is 18.4 Å². The average molecular weight is 298 g/mol. The van der Waals surface area contributed by atoms with Gasteiger partial charge >= 0.3 is 0 Å². The molecule has 0 aromatic heterocycles. The molecule has 1 N–H and O–H groups in total. The summed E-state index contributed by atoms with van der Waals surface area (Å²) in [5.41, 5.74) is 1.14. The van der Waals surface area contributed by atoms with Crippen molar-refractivity contribution < 1.29 is 9.18 Å². The Morgan fingerprint density at radius 1 is 1.30 bits per heavy atom. The van der Waals surface area contributed by atoms with Crippen molar-refractivity contribution in [3.63, 3.8) is 0 Å². The Morgan fingerprint density at radius 2 is 2.00 bits per heavy atom. The first kappa shape index (κ1) is 15.3. The number of benzene rings is 1. The highest BCUT2D eigenvalue weighted by Gasteiger charge is 2.31. The third-order valence-electron chi connectivity index (χ3n) is 4.13. The van der Waals surface area contributed by atoms with Gasteiger partial charge in [-0.2, -0.15) is 0 Å². The lowest BCUT2D eigenvalue weighted by Crippen LogP contribution is -2.40. The molecule has 1 saturated carbocycles. The van der Waals surface area contributed by atoms with Gasteiger partial charge in [0.25, 0.3) is 5.91 Å². The molecule has 0 bridgehead atoms. The van der Waals surface area contributed by atoms with Crippen LogP contribution in [0.2, 0.25) is 0 Å². The Bertz CT molecular complexity index is 463. The second-order valence-corrected chi connectivity index (χ2v) is 6.16. The molecule has 1 aliphatic rings. The van der Waals surface area contributed by atoms with Gasteiger partial charge in [0.15, 0.2) is 0 Å². The van der Waals surface area contributed by atoms with Crippen LogP contribution in [0.4, 0.5) is 4.39 Å². The SMILES string of the molecule is Cc1cc(F)cc(C(=O)NCC2(CCl)CCCCC2)c1. The number of halogens is 2. The van der Waals surface area contributed by atoms with Gasteiger partial charge in [-0.15, -0.1) is 11.6 Å². The van der Waals surface area contributed by atoms with Crippen LogP contribution in [-0.4, -0.2) is 18.3 Å². The number of hydrogen-bond acceptors (Lipinski definition) is 1. The molecule has 2 nitrogen and oxygen atoms in total. The smallest absolute Gasteiger partial charge is 0.251 e. The van der Waals surface area contributed by atoms with Gasteiger partial charge in [0.1, 0.15) is 5.82 Å². The van der Waals surface area contributed by atoms with Gasteiger partial charge < -0.3 is 5.32 Å². The van der Waals surface area contributed by atoms with Crippen LogP contribution in [-0.2, 0) is 0 Å². The average Bonchev–Trinajstić information content (AvgIpc) is 2.45. The number of hydrogen-bond donors (Lipinski definition) is 1. The molecule has 0 heterocycles. The third-order valence-corrected chi connectivity index (χ3v) is 4.69. The molecule has 0 aliphatic heterocycles. The molecule has 1 aliphatic carbocycles. The van der Waals surface area contributed by atoms with Crippen LogP contribution in [0.5, 0.6) is 0 Å². The molecule has 20 heavy (non-hydrogen) atoms. The Balaban J connectivity index is 2.00. The number of carbonyl (C=O) groups excluding carboxylic acids is 1. The molecule has 1 aromatic rings. The summed E-state index contributed by atoms with van der Waals surface area (Å²) in [4.78, 5) is 12.1. The van der Waals surface area contributed by atoms with E-state index in [2.05, 4.69) is 5.32 Å². The summed E-state index contributed by atoms with van der Waals surface area (Å²) in [6.07, 6.45) is 5.69. The number of carbonyl (C=O) groups is 1. The summed E-state index contributed by atoms with van der Waals surface area (Å²) < 4.78 is 13.3. The van der Waals surface area contributed by atoms with Crippen molar-refractivity contribution in [1.82, 2.24) is 5.32 Å². The minimum atomic E-state index is -0.375. The van der Waals surface area contributed by atoms with Crippen LogP contribution in [0.15, 0.2) is 18.2 Å². The minimum absolute atomic E-state index is 0.0117. The first-order valence-corrected chi connectivity index (χ1v) is 7.69. The van der Waals surface area contributed by atoms with E-state index in [1.807, 2.05) is 0 Å². The van der Waals surface area contributed by atoms with Crippen molar-refractivity contribution in [3.8, 4) is 0 Å². The lowest BCUT2D eigenvalue weighted by molar-refractivity contribution is 0.0920. The van der Waals surface area contributed by atoms with Crippen LogP contribution in [0, 0.1) is 18.2 Å². The molecule has 0 unspecified atom stereocenters. The molecule has 110 valence electrons. The lowest BCUT2D eigenvalue weighted by atomic mass is 9.75. The number of alkyl halides is 1. The second-order valence-electron chi connectivity index (χ2n) is 5.89. The van der Waals surface area contributed by atoms with Gasteiger partial charge in [0, 0.05) is 23.4 Å². The predicted octanol–water partition coefficient (Wildman–Crippen LogP) is 4.05. The zero-order valence-corrected chi connectivity index (χ0v) is 12.6. The molecule has 1 amide bonds. The Morgan fingerprint density at radius 3 is 2.60 bits per heavy atom. The lowest BCUT2D eigenvalue weighted by Gasteiger charge is -2.35. The Kier molecular flexibility index (Phi) is 5.03. The van der Waals surface area contributed by atoms with Crippen LogP contribution >= 0.6 is 11.6 Å². The van der Waals surface area contributed by atoms with Gasteiger partial charge in [-0.3, -0.25) is 4.79 Å². The Labute approximate surface area is 124 Å². The van der Waals surface area contributed by atoms with Gasteiger partial charge in [-0.25, -0.2) is 4.39 Å². The summed E-state index contributed by atoms with van der Waals surface area (Å²) in [6.45, 7) is 2.35. The predicted molar refractivity (Wildman–Crippen MR) is 79.7 cm³/mol. The van der Waals surface area contributed by atoms with Gasteiger partial charge in [-0.05, 0) is 43.5 Å². The summed E-state index contributed by atoms with van der Waals surface area (Å²) in [5.74, 6) is -0.0299. The van der Waals surface area contributed by atoms with E-state index in [-0.39, 0.29) is 17.1 Å². The zero-order chi connectivity index (χ0) is 14.6. The van der Waals surface area contributed by atoms with Crippen molar-refractivity contribution in [2.24, 2.45) is 5.41 Å². The number of rotatable bonds is 4. The molecule has 0 saturated heterocycles. The first-order chi connectivity index (χ1) is 9.54. The van der Waals surface area contributed by atoms with E-state index >= 15 is 0 Å². The molecule has 1 aromatic carbocycles. The maximum atomic E-state index is 13.3. The molecule has 1 fully saturated rings. The summed E-state index contributed by atoms with van der Waals surface area (Å²) in [7, 11) is 0. The normalized spacial score (nSPS) is 17.8. The zero-order valence-electron chi connectivity index (χ0n) is 11.8. The van der Waals surface area contributed by atoms with Gasteiger partial charge in [0.2, 0.25) is 0 Å². The molecule has 0 atom stereocenters. The Hall–Kier alpha value is -1.09. The highest BCUT2D eigenvalue weighted by molar-refractivity contribution is 6.18. The quantitative estimate of drug-likeness (QED) is 0.835. The van der Waals surface area contributed by atoms with Crippen molar-refractivity contribution >= 4 is 17.5 Å². The summed E-state index contributed by atoms with van der Waals surface area (Å²) in [5, 5.41) is 2.92. The maximum absolute atomic E-state index is 13.3. The second kappa shape index (κ2) is 6.57. The number of nitrogens with one attached hydrogen (secondary N) is 1. The minimum Gasteiger partial charge on any atom is -0.351 e. The fourth-order valence-electron chi connectivity index (χ4n) is 2.90. The number of amides is 1. The van der Waals surface area contributed by atoms with E-state index in [9.17, 15) is 9.18 Å². The van der Waals surface area contributed by atoms with Crippen LogP contribution in [0.3, 0.4) is 0 Å². The first-order valence-electron chi connectivity index (χ1n) is 7.16. The van der Waals surface area contributed by atoms with Crippen molar-refractivity contribution in [2.45, 2.75) is 39.0 Å². The molecule has 0 spiro atoms. The highest BCUT2D eigenvalue weighted by atomic mass is 35.5. The van der Waals surface area contributed by atoms with E-state index in [4.69, 9.17) is 11.6 Å². The van der Waals surface area contributed by atoms with Gasteiger partial charge in [-0.1, -0.05) is 19.3 Å². The van der Waals surface area contributed by atoms with Crippen LogP contribution < -0.4 is 5.32 Å². The standard InChI is InChI=1S/C16H21ClFNO/c1-12-7-13(9-14(18)8-12)15(20)19-11-16(10-17)5-3-2-4-6-16/h7-9H,2-6,10-11H2,1H3,(H,19,20). The van der Waals surface area contributed by atoms with E-state index < -0.39 is 0 Å². The largest absolute Gasteiger partial charge is 0.351 e. The van der Waals surface area contributed by atoms with Crippen LogP contribution in [0.1, 0.15) is 48.0 Å². The van der Waals surface area contributed by atoms with E-state index in [1.165, 1.54) is 31.4 Å². The molecule has 0 radical (unpaired) electrons. The fourth-order valence-corrected chi connectivity index (χ4v) is 3.26. The monoisotopic (exact) mass is 297 g/mol. The topological polar surface area (TPSA) is 29.1 Å². The molecular formula is C16H21ClFNO. The maximum Gasteiger partial charge on any atom is 0.251 e. The molecule has 4 heteroatoms. The molecular weight excluding hydrogens is 277 g/mol. The highest BCUT2D eigenvalue weighted by Crippen LogP contribution is 2.36. The van der Waals surface area contributed by atoms with Crippen LogP contribution in [0.25, 0.3) is 0 Å². The van der Waals surface area contributed by atoms with E-state index in [1.54, 1.807) is 13.0 Å². The van der Waals surface area contributed by atoms with Gasteiger partial charge in [0.05, 0.1) is 0 Å². The molecule has 2 rings (SSSR count). The van der Waals surface area contributed by atoms with Crippen molar-refractivity contribution in [2.75, 3.05) is 12.4 Å². The van der Waals surface area contributed by atoms with Crippen molar-refractivity contribution in [3.05, 3.63) is 35.1 Å². The third kappa shape index (κ3) is 3.72. The number of aryl methyl sites for hydroxylation is 1. The van der Waals surface area contributed by atoms with Crippen molar-refractivity contribution in [1.29, 1.82) is 0 Å². The van der Waals surface area contributed by atoms with E-state index in [0.29, 0.717) is 18.0 Å². The summed E-state index contributed by atoms with van der Waals surface area (Å²) >= 11 is 6.11. The summed E-state index contributed by atoms with van der Waals surface area (Å²) in [6, 6.07) is 4.39. The fraction of sp³-hybridized carbons (Fsp3) is 0.562.